The fourth-order valence-electron chi connectivity index (χ4n) is 1.64. The van der Waals surface area contributed by atoms with Crippen LogP contribution in [0.1, 0.15) is 11.1 Å². The Bertz CT molecular complexity index is 629. The van der Waals surface area contributed by atoms with Gasteiger partial charge in [-0.2, -0.15) is 5.26 Å². The summed E-state index contributed by atoms with van der Waals surface area (Å²) in [4.78, 5) is 0. The number of anilines is 3. The summed E-state index contributed by atoms with van der Waals surface area (Å²) >= 11 is 3.50. The Kier molecular flexibility index (Phi) is 3.54. The second-order valence-electron chi connectivity index (χ2n) is 3.99. The molecule has 2 aromatic rings. The average Bonchev–Trinajstić information content (AvgIpc) is 2.35. The van der Waals surface area contributed by atoms with E-state index in [4.69, 9.17) is 11.0 Å². The quantitative estimate of drug-likeness (QED) is 0.826. The van der Waals surface area contributed by atoms with Gasteiger partial charge >= 0.3 is 0 Å². The smallest absolute Gasteiger partial charge is 0.101 e. The third kappa shape index (κ3) is 2.47. The summed E-state index contributed by atoms with van der Waals surface area (Å²) in [6.45, 7) is 2.03. The molecule has 0 atom stereocenters. The van der Waals surface area contributed by atoms with E-state index in [2.05, 4.69) is 27.3 Å². The van der Waals surface area contributed by atoms with E-state index in [1.807, 2.05) is 31.2 Å². The normalized spacial score (nSPS) is 9.83. The first kappa shape index (κ1) is 12.5. The maximum Gasteiger partial charge on any atom is 0.101 e. The predicted molar refractivity (Wildman–Crippen MR) is 77.7 cm³/mol. The lowest BCUT2D eigenvalue weighted by molar-refractivity contribution is 1.42. The summed E-state index contributed by atoms with van der Waals surface area (Å²) in [6.07, 6.45) is 0. The first-order valence-electron chi connectivity index (χ1n) is 5.43. The van der Waals surface area contributed by atoms with Crippen molar-refractivity contribution < 1.29 is 0 Å². The molecule has 90 valence electrons. The zero-order valence-electron chi connectivity index (χ0n) is 9.87. The summed E-state index contributed by atoms with van der Waals surface area (Å²) in [5.74, 6) is 0. The topological polar surface area (TPSA) is 61.8 Å². The molecule has 0 aromatic heterocycles. The zero-order chi connectivity index (χ0) is 13.1. The van der Waals surface area contributed by atoms with Gasteiger partial charge in [0.25, 0.3) is 0 Å². The van der Waals surface area contributed by atoms with Crippen molar-refractivity contribution in [2.75, 3.05) is 11.1 Å². The van der Waals surface area contributed by atoms with Gasteiger partial charge in [0.2, 0.25) is 0 Å². The van der Waals surface area contributed by atoms with Crippen molar-refractivity contribution in [3.63, 3.8) is 0 Å². The van der Waals surface area contributed by atoms with Crippen molar-refractivity contribution in [3.05, 3.63) is 52.0 Å². The number of rotatable bonds is 2. The highest BCUT2D eigenvalue weighted by atomic mass is 79.9. The number of nitrogens with two attached hydrogens (primary N) is 1. The summed E-state index contributed by atoms with van der Waals surface area (Å²) in [5.41, 5.74) is 9.69. The molecule has 2 aromatic carbocycles. The van der Waals surface area contributed by atoms with E-state index in [-0.39, 0.29) is 0 Å². The Hall–Kier alpha value is -1.99. The van der Waals surface area contributed by atoms with Crippen LogP contribution in [0.15, 0.2) is 40.9 Å². The number of benzene rings is 2. The maximum absolute atomic E-state index is 8.93. The van der Waals surface area contributed by atoms with Crippen LogP contribution in [0.3, 0.4) is 0 Å². The highest BCUT2D eigenvalue weighted by Gasteiger charge is 2.06. The SMILES string of the molecule is Cc1ccc(Nc2cccc(C#N)c2N)c(Br)c1. The van der Waals surface area contributed by atoms with E-state index in [1.54, 1.807) is 12.1 Å². The number of hydrogen-bond acceptors (Lipinski definition) is 3. The Morgan fingerprint density at radius 3 is 2.67 bits per heavy atom. The second-order valence-corrected chi connectivity index (χ2v) is 4.84. The van der Waals surface area contributed by atoms with E-state index in [0.717, 1.165) is 15.8 Å². The first-order valence-corrected chi connectivity index (χ1v) is 6.23. The number of hydrogen-bond donors (Lipinski definition) is 2. The second kappa shape index (κ2) is 5.11. The molecule has 0 aliphatic rings. The molecular weight excluding hydrogens is 290 g/mol. The molecular formula is C14H12BrN3. The van der Waals surface area contributed by atoms with Crippen LogP contribution >= 0.6 is 15.9 Å². The van der Waals surface area contributed by atoms with E-state index < -0.39 is 0 Å². The fourth-order valence-corrected chi connectivity index (χ4v) is 2.23. The minimum Gasteiger partial charge on any atom is -0.396 e. The van der Waals surface area contributed by atoms with Crippen LogP contribution < -0.4 is 11.1 Å². The van der Waals surface area contributed by atoms with Crippen LogP contribution in [-0.4, -0.2) is 0 Å². The van der Waals surface area contributed by atoms with E-state index in [0.29, 0.717) is 11.3 Å². The van der Waals surface area contributed by atoms with E-state index >= 15 is 0 Å². The van der Waals surface area contributed by atoms with Crippen molar-refractivity contribution in [2.24, 2.45) is 0 Å². The van der Waals surface area contributed by atoms with E-state index in [1.165, 1.54) is 5.56 Å². The average molecular weight is 302 g/mol. The van der Waals surface area contributed by atoms with E-state index in [9.17, 15) is 0 Å². The fraction of sp³-hybridized carbons (Fsp3) is 0.0714. The van der Waals surface area contributed by atoms with Crippen molar-refractivity contribution >= 4 is 33.0 Å². The Balaban J connectivity index is 2.38. The Labute approximate surface area is 114 Å². The van der Waals surface area contributed by atoms with Crippen LogP contribution in [0.4, 0.5) is 17.1 Å². The van der Waals surface area contributed by atoms with Crippen LogP contribution in [0.5, 0.6) is 0 Å². The minimum absolute atomic E-state index is 0.465. The number of halogens is 1. The molecule has 0 heterocycles. The number of nitrogens with zero attached hydrogens (tertiary/aromatic N) is 1. The van der Waals surface area contributed by atoms with Gasteiger partial charge in [-0.25, -0.2) is 0 Å². The van der Waals surface area contributed by atoms with Crippen LogP contribution in [0.25, 0.3) is 0 Å². The zero-order valence-corrected chi connectivity index (χ0v) is 11.5. The third-order valence-electron chi connectivity index (χ3n) is 2.62. The highest BCUT2D eigenvalue weighted by Crippen LogP contribution is 2.30. The van der Waals surface area contributed by atoms with Gasteiger partial charge < -0.3 is 11.1 Å². The lowest BCUT2D eigenvalue weighted by Gasteiger charge is -2.12. The molecule has 3 N–H and O–H groups in total. The number of nitrogens with one attached hydrogen (secondary N) is 1. The molecule has 3 nitrogen and oxygen atoms in total. The van der Waals surface area contributed by atoms with Gasteiger partial charge in [-0.3, -0.25) is 0 Å². The molecule has 0 fully saturated rings. The molecule has 0 aliphatic carbocycles. The van der Waals surface area contributed by atoms with Crippen molar-refractivity contribution in [1.29, 1.82) is 5.26 Å². The molecule has 18 heavy (non-hydrogen) atoms. The van der Waals surface area contributed by atoms with Crippen molar-refractivity contribution in [2.45, 2.75) is 6.92 Å². The molecule has 0 radical (unpaired) electrons. The molecule has 0 spiro atoms. The Morgan fingerprint density at radius 2 is 2.00 bits per heavy atom. The summed E-state index contributed by atoms with van der Waals surface area (Å²) in [7, 11) is 0. The van der Waals surface area contributed by atoms with Gasteiger partial charge in [0.05, 0.1) is 22.6 Å². The van der Waals surface area contributed by atoms with Crippen molar-refractivity contribution in [1.82, 2.24) is 0 Å². The molecule has 0 saturated carbocycles. The predicted octanol–water partition coefficient (Wildman–Crippen LogP) is 3.96. The number of aryl methyl sites for hydroxylation is 1. The molecule has 0 bridgehead atoms. The molecule has 2 rings (SSSR count). The molecule has 0 aliphatic heterocycles. The van der Waals surface area contributed by atoms with Crippen LogP contribution in [0.2, 0.25) is 0 Å². The first-order chi connectivity index (χ1) is 8.61. The minimum atomic E-state index is 0.465. The molecule has 4 heteroatoms. The Morgan fingerprint density at radius 1 is 1.22 bits per heavy atom. The molecule has 0 unspecified atom stereocenters. The van der Waals surface area contributed by atoms with Crippen LogP contribution in [0, 0.1) is 18.3 Å². The lowest BCUT2D eigenvalue weighted by atomic mass is 10.1. The summed E-state index contributed by atoms with van der Waals surface area (Å²) in [5, 5.41) is 12.2. The van der Waals surface area contributed by atoms with Gasteiger partial charge in [-0.1, -0.05) is 12.1 Å². The van der Waals surface area contributed by atoms with Gasteiger partial charge in [0.1, 0.15) is 6.07 Å². The van der Waals surface area contributed by atoms with Gasteiger partial charge in [0.15, 0.2) is 0 Å². The largest absolute Gasteiger partial charge is 0.396 e. The van der Waals surface area contributed by atoms with Gasteiger partial charge in [-0.15, -0.1) is 0 Å². The van der Waals surface area contributed by atoms with Crippen molar-refractivity contribution in [3.8, 4) is 6.07 Å². The van der Waals surface area contributed by atoms with Gasteiger partial charge in [0, 0.05) is 4.47 Å². The lowest BCUT2D eigenvalue weighted by Crippen LogP contribution is -1.99. The molecule has 0 amide bonds. The highest BCUT2D eigenvalue weighted by molar-refractivity contribution is 9.10. The monoisotopic (exact) mass is 301 g/mol. The van der Waals surface area contributed by atoms with Crippen LogP contribution in [-0.2, 0) is 0 Å². The van der Waals surface area contributed by atoms with Gasteiger partial charge in [-0.05, 0) is 52.7 Å². The summed E-state index contributed by atoms with van der Waals surface area (Å²) < 4.78 is 0.962. The standard InChI is InChI=1S/C14H12BrN3/c1-9-5-6-12(11(15)7-9)18-13-4-2-3-10(8-16)14(13)17/h2-7,18H,17H2,1H3. The number of nitrogen functional groups attached to an aromatic ring is 1. The number of nitriles is 1. The maximum atomic E-state index is 8.93. The summed E-state index contributed by atoms with van der Waals surface area (Å²) in [6, 6.07) is 13.4. The molecule has 0 saturated heterocycles. The third-order valence-corrected chi connectivity index (χ3v) is 3.28. The number of para-hydroxylation sites is 1.